The molecule has 0 amide bonds. The van der Waals surface area contributed by atoms with Crippen LogP contribution < -0.4 is 11.1 Å². The van der Waals surface area contributed by atoms with E-state index in [1.165, 1.54) is 11.1 Å². The first kappa shape index (κ1) is 13.0. The van der Waals surface area contributed by atoms with Gasteiger partial charge in [0.25, 0.3) is 0 Å². The van der Waals surface area contributed by atoms with E-state index in [1.807, 2.05) is 12.1 Å². The summed E-state index contributed by atoms with van der Waals surface area (Å²) in [5.41, 5.74) is 10.3. The zero-order valence-electron chi connectivity index (χ0n) is 11.0. The minimum absolute atomic E-state index is 0.506. The summed E-state index contributed by atoms with van der Waals surface area (Å²) in [6, 6.07) is 16.0. The molecular weight excluding hydrogens is 234 g/mol. The molecule has 0 saturated heterocycles. The monoisotopic (exact) mass is 251 g/mol. The Kier molecular flexibility index (Phi) is 4.04. The Bertz CT molecular complexity index is 594. The molecule has 2 aromatic carbocycles. The fourth-order valence-electron chi connectivity index (χ4n) is 1.91. The third kappa shape index (κ3) is 3.05. The average Bonchev–Trinajstić information content (AvgIpc) is 2.47. The Hall–Kier alpha value is -2.47. The van der Waals surface area contributed by atoms with Crippen LogP contribution in [0.2, 0.25) is 0 Å². The van der Waals surface area contributed by atoms with Crippen LogP contribution in [0.4, 0.5) is 11.4 Å². The Balaban J connectivity index is 2.08. The highest BCUT2D eigenvalue weighted by molar-refractivity contribution is 5.72. The molecule has 0 saturated carbocycles. The van der Waals surface area contributed by atoms with Gasteiger partial charge < -0.3 is 11.1 Å². The van der Waals surface area contributed by atoms with Crippen molar-refractivity contribution in [2.24, 2.45) is 0 Å². The quantitative estimate of drug-likeness (QED) is 0.819. The molecule has 0 aromatic heterocycles. The predicted molar refractivity (Wildman–Crippen MR) is 78.7 cm³/mol. The molecule has 96 valence electrons. The van der Waals surface area contributed by atoms with E-state index in [4.69, 9.17) is 11.0 Å². The fourth-order valence-corrected chi connectivity index (χ4v) is 1.91. The van der Waals surface area contributed by atoms with Crippen molar-refractivity contribution in [1.29, 1.82) is 5.26 Å². The maximum absolute atomic E-state index is 8.93. The summed E-state index contributed by atoms with van der Waals surface area (Å²) in [7, 11) is 0. The zero-order chi connectivity index (χ0) is 13.7. The highest BCUT2D eigenvalue weighted by atomic mass is 14.9. The Morgan fingerprint density at radius 2 is 1.79 bits per heavy atom. The van der Waals surface area contributed by atoms with E-state index in [0.29, 0.717) is 17.8 Å². The first-order valence-electron chi connectivity index (χ1n) is 6.35. The molecule has 3 nitrogen and oxygen atoms in total. The minimum atomic E-state index is 0.506. The third-order valence-electron chi connectivity index (χ3n) is 3.14. The number of nitrogen functional groups attached to an aromatic ring is 1. The molecule has 2 rings (SSSR count). The number of hydrogen-bond donors (Lipinski definition) is 2. The number of anilines is 2. The van der Waals surface area contributed by atoms with Crippen LogP contribution in [0, 0.1) is 11.3 Å². The molecule has 0 heterocycles. The topological polar surface area (TPSA) is 61.8 Å². The maximum atomic E-state index is 8.93. The van der Waals surface area contributed by atoms with E-state index in [2.05, 4.69) is 42.6 Å². The van der Waals surface area contributed by atoms with Crippen molar-refractivity contribution in [1.82, 2.24) is 0 Å². The Labute approximate surface area is 113 Å². The normalized spacial score (nSPS) is 9.89. The van der Waals surface area contributed by atoms with E-state index in [-0.39, 0.29) is 0 Å². The molecule has 0 fully saturated rings. The van der Waals surface area contributed by atoms with Gasteiger partial charge in [-0.25, -0.2) is 0 Å². The lowest BCUT2D eigenvalue weighted by Crippen LogP contribution is -2.03. The summed E-state index contributed by atoms with van der Waals surface area (Å²) in [6.07, 6.45) is 1.05. The van der Waals surface area contributed by atoms with E-state index >= 15 is 0 Å². The molecule has 0 atom stereocenters. The van der Waals surface area contributed by atoms with Gasteiger partial charge in [0, 0.05) is 6.54 Å². The van der Waals surface area contributed by atoms with Gasteiger partial charge in [-0.1, -0.05) is 37.3 Å². The summed E-state index contributed by atoms with van der Waals surface area (Å²) in [6.45, 7) is 2.84. The third-order valence-corrected chi connectivity index (χ3v) is 3.14. The van der Waals surface area contributed by atoms with Crippen molar-refractivity contribution in [2.45, 2.75) is 19.9 Å². The number of nitriles is 1. The molecular formula is C16H17N3. The second-order valence-electron chi connectivity index (χ2n) is 4.40. The molecule has 0 aliphatic carbocycles. The van der Waals surface area contributed by atoms with Crippen LogP contribution in [-0.4, -0.2) is 0 Å². The SMILES string of the molecule is CCc1ccc(CNc2cccc(C#N)c2N)cc1. The molecule has 0 spiro atoms. The van der Waals surface area contributed by atoms with Crippen molar-refractivity contribution in [2.75, 3.05) is 11.1 Å². The van der Waals surface area contributed by atoms with Crippen LogP contribution in [0.5, 0.6) is 0 Å². The second kappa shape index (κ2) is 5.92. The van der Waals surface area contributed by atoms with E-state index < -0.39 is 0 Å². The van der Waals surface area contributed by atoms with Crippen LogP contribution in [0.1, 0.15) is 23.6 Å². The lowest BCUT2D eigenvalue weighted by molar-refractivity contribution is 1.11. The first-order valence-corrected chi connectivity index (χ1v) is 6.35. The molecule has 0 aliphatic heterocycles. The number of para-hydroxylation sites is 1. The number of aryl methyl sites for hydroxylation is 1. The standard InChI is InChI=1S/C16H17N3/c1-2-12-6-8-13(9-7-12)11-19-15-5-3-4-14(10-17)16(15)18/h3-9,19H,2,11,18H2,1H3. The molecule has 0 bridgehead atoms. The average molecular weight is 251 g/mol. The van der Waals surface area contributed by atoms with E-state index in [1.54, 1.807) is 6.07 Å². The van der Waals surface area contributed by atoms with Crippen molar-refractivity contribution in [3.8, 4) is 6.07 Å². The van der Waals surface area contributed by atoms with E-state index in [9.17, 15) is 0 Å². The lowest BCUT2D eigenvalue weighted by atomic mass is 10.1. The molecule has 0 unspecified atom stereocenters. The second-order valence-corrected chi connectivity index (χ2v) is 4.40. The van der Waals surface area contributed by atoms with Gasteiger partial charge in [-0.05, 0) is 29.7 Å². The Morgan fingerprint density at radius 1 is 1.11 bits per heavy atom. The van der Waals surface area contributed by atoms with Crippen molar-refractivity contribution < 1.29 is 0 Å². The predicted octanol–water partition coefficient (Wildman–Crippen LogP) is 3.31. The van der Waals surface area contributed by atoms with Gasteiger partial charge in [-0.15, -0.1) is 0 Å². The zero-order valence-corrected chi connectivity index (χ0v) is 11.0. The van der Waals surface area contributed by atoms with Gasteiger partial charge in [0.15, 0.2) is 0 Å². The molecule has 0 radical (unpaired) electrons. The Morgan fingerprint density at radius 3 is 2.42 bits per heavy atom. The number of nitrogens with zero attached hydrogens (tertiary/aromatic N) is 1. The minimum Gasteiger partial charge on any atom is -0.396 e. The van der Waals surface area contributed by atoms with Gasteiger partial charge in [-0.2, -0.15) is 5.26 Å². The van der Waals surface area contributed by atoms with E-state index in [0.717, 1.165) is 12.1 Å². The number of benzene rings is 2. The maximum Gasteiger partial charge on any atom is 0.101 e. The van der Waals surface area contributed by atoms with Crippen LogP contribution in [0.15, 0.2) is 42.5 Å². The van der Waals surface area contributed by atoms with Gasteiger partial charge in [0.1, 0.15) is 6.07 Å². The number of nitrogens with one attached hydrogen (secondary N) is 1. The number of hydrogen-bond acceptors (Lipinski definition) is 3. The van der Waals surface area contributed by atoms with Crippen LogP contribution in [0.3, 0.4) is 0 Å². The number of rotatable bonds is 4. The smallest absolute Gasteiger partial charge is 0.101 e. The van der Waals surface area contributed by atoms with Crippen molar-refractivity contribution >= 4 is 11.4 Å². The van der Waals surface area contributed by atoms with Gasteiger partial charge in [-0.3, -0.25) is 0 Å². The van der Waals surface area contributed by atoms with Crippen LogP contribution in [-0.2, 0) is 13.0 Å². The molecule has 0 aliphatic rings. The van der Waals surface area contributed by atoms with Gasteiger partial charge in [0.05, 0.1) is 16.9 Å². The number of nitrogens with two attached hydrogens (primary N) is 1. The molecule has 19 heavy (non-hydrogen) atoms. The molecule has 2 aromatic rings. The summed E-state index contributed by atoms with van der Waals surface area (Å²) < 4.78 is 0. The largest absolute Gasteiger partial charge is 0.396 e. The molecule has 3 heteroatoms. The molecule has 3 N–H and O–H groups in total. The van der Waals surface area contributed by atoms with Crippen molar-refractivity contribution in [3.63, 3.8) is 0 Å². The lowest BCUT2D eigenvalue weighted by Gasteiger charge is -2.10. The summed E-state index contributed by atoms with van der Waals surface area (Å²) >= 11 is 0. The summed E-state index contributed by atoms with van der Waals surface area (Å²) in [5.74, 6) is 0. The highest BCUT2D eigenvalue weighted by Crippen LogP contribution is 2.22. The van der Waals surface area contributed by atoms with Crippen molar-refractivity contribution in [3.05, 3.63) is 59.2 Å². The van der Waals surface area contributed by atoms with Gasteiger partial charge >= 0.3 is 0 Å². The van der Waals surface area contributed by atoms with Crippen LogP contribution in [0.25, 0.3) is 0 Å². The van der Waals surface area contributed by atoms with Gasteiger partial charge in [0.2, 0.25) is 0 Å². The highest BCUT2D eigenvalue weighted by Gasteiger charge is 2.03. The van der Waals surface area contributed by atoms with Crippen LogP contribution >= 0.6 is 0 Å². The summed E-state index contributed by atoms with van der Waals surface area (Å²) in [5, 5.41) is 12.2. The summed E-state index contributed by atoms with van der Waals surface area (Å²) in [4.78, 5) is 0. The first-order chi connectivity index (χ1) is 9.24. The fraction of sp³-hybridized carbons (Fsp3) is 0.188.